The monoisotopic (exact) mass is 322 g/mol. The molecule has 116 valence electrons. The molecule has 0 heterocycles. The number of anilines is 1. The Kier molecular flexibility index (Phi) is 4.89. The lowest BCUT2D eigenvalue weighted by molar-refractivity contribution is -0.114. The van der Waals surface area contributed by atoms with E-state index in [1.165, 1.54) is 49.4 Å². The zero-order valence-electron chi connectivity index (χ0n) is 11.8. The number of carbonyl (C=O) groups is 1. The van der Waals surface area contributed by atoms with Crippen molar-refractivity contribution in [2.24, 2.45) is 0 Å². The van der Waals surface area contributed by atoms with Crippen LogP contribution in [0.5, 0.6) is 0 Å². The molecule has 5 nitrogen and oxygen atoms in total. The van der Waals surface area contributed by atoms with Crippen LogP contribution in [0, 0.1) is 5.82 Å². The number of amides is 1. The highest BCUT2D eigenvalue weighted by atomic mass is 32.2. The average Bonchev–Trinajstić information content (AvgIpc) is 2.46. The lowest BCUT2D eigenvalue weighted by atomic mass is 10.2. The second-order valence-corrected chi connectivity index (χ2v) is 6.39. The van der Waals surface area contributed by atoms with Crippen molar-refractivity contribution in [1.82, 2.24) is 4.72 Å². The molecule has 0 aliphatic rings. The predicted octanol–water partition coefficient (Wildman–Crippen LogP) is 2.26. The summed E-state index contributed by atoms with van der Waals surface area (Å²) in [6.45, 7) is 1.23. The molecule has 0 saturated heterocycles. The normalized spacial score (nSPS) is 11.2. The number of rotatable bonds is 5. The fraction of sp³-hybridized carbons (Fsp3) is 0.133. The summed E-state index contributed by atoms with van der Waals surface area (Å²) in [6, 6.07) is 11.7. The van der Waals surface area contributed by atoms with Gasteiger partial charge in [0.15, 0.2) is 0 Å². The van der Waals surface area contributed by atoms with Crippen LogP contribution in [-0.2, 0) is 21.4 Å². The zero-order valence-corrected chi connectivity index (χ0v) is 12.7. The molecule has 0 saturated carbocycles. The summed E-state index contributed by atoms with van der Waals surface area (Å²) in [7, 11) is -3.75. The number of carbonyl (C=O) groups excluding carboxylic acids is 1. The van der Waals surface area contributed by atoms with Gasteiger partial charge in [0.1, 0.15) is 5.82 Å². The highest BCUT2D eigenvalue weighted by Crippen LogP contribution is 2.15. The molecule has 0 aliphatic carbocycles. The molecule has 0 aromatic heterocycles. The van der Waals surface area contributed by atoms with Crippen LogP contribution in [0.4, 0.5) is 10.1 Å². The van der Waals surface area contributed by atoms with E-state index < -0.39 is 15.8 Å². The van der Waals surface area contributed by atoms with Crippen molar-refractivity contribution in [3.63, 3.8) is 0 Å². The second kappa shape index (κ2) is 6.67. The molecule has 0 fully saturated rings. The Morgan fingerprint density at radius 2 is 1.73 bits per heavy atom. The summed E-state index contributed by atoms with van der Waals surface area (Å²) in [6.07, 6.45) is 0. The zero-order chi connectivity index (χ0) is 16.2. The summed E-state index contributed by atoms with van der Waals surface area (Å²) >= 11 is 0. The van der Waals surface area contributed by atoms with Gasteiger partial charge in [0.05, 0.1) is 4.90 Å². The third-order valence-electron chi connectivity index (χ3n) is 2.90. The van der Waals surface area contributed by atoms with Gasteiger partial charge in [0, 0.05) is 24.7 Å². The number of hydrogen-bond acceptors (Lipinski definition) is 3. The predicted molar refractivity (Wildman–Crippen MR) is 81.2 cm³/mol. The number of hydrogen-bond donors (Lipinski definition) is 2. The van der Waals surface area contributed by atoms with Gasteiger partial charge in [0.25, 0.3) is 0 Å². The first-order valence-electron chi connectivity index (χ1n) is 6.49. The van der Waals surface area contributed by atoms with Gasteiger partial charge in [0.2, 0.25) is 15.9 Å². The smallest absolute Gasteiger partial charge is 0.240 e. The van der Waals surface area contributed by atoms with E-state index in [0.29, 0.717) is 5.69 Å². The van der Waals surface area contributed by atoms with Crippen LogP contribution in [0.15, 0.2) is 53.4 Å². The standard InChI is InChI=1S/C15H15FN2O3S/c1-11(19)18-13-6-8-14(9-7-13)22(20,21)17-10-12-4-2-3-5-15(12)16/h2-9,17H,10H2,1H3,(H,18,19). The summed E-state index contributed by atoms with van der Waals surface area (Å²) in [4.78, 5) is 10.9. The van der Waals surface area contributed by atoms with E-state index in [1.807, 2.05) is 0 Å². The van der Waals surface area contributed by atoms with Crippen LogP contribution in [-0.4, -0.2) is 14.3 Å². The molecule has 2 aromatic carbocycles. The molecular weight excluding hydrogens is 307 g/mol. The van der Waals surface area contributed by atoms with E-state index in [-0.39, 0.29) is 22.9 Å². The highest BCUT2D eigenvalue weighted by Gasteiger charge is 2.14. The summed E-state index contributed by atoms with van der Waals surface area (Å²) in [5.74, 6) is -0.709. The van der Waals surface area contributed by atoms with Gasteiger partial charge in [-0.1, -0.05) is 18.2 Å². The van der Waals surface area contributed by atoms with Crippen molar-refractivity contribution in [2.45, 2.75) is 18.4 Å². The van der Waals surface area contributed by atoms with Gasteiger partial charge < -0.3 is 5.32 Å². The van der Waals surface area contributed by atoms with E-state index in [1.54, 1.807) is 6.07 Å². The average molecular weight is 322 g/mol. The molecule has 7 heteroatoms. The van der Waals surface area contributed by atoms with Gasteiger partial charge in [-0.2, -0.15) is 0 Å². The largest absolute Gasteiger partial charge is 0.326 e. The molecule has 0 atom stereocenters. The van der Waals surface area contributed by atoms with Gasteiger partial charge in [-0.3, -0.25) is 4.79 Å². The topological polar surface area (TPSA) is 75.3 Å². The van der Waals surface area contributed by atoms with Crippen LogP contribution in [0.3, 0.4) is 0 Å². The number of nitrogens with one attached hydrogen (secondary N) is 2. The van der Waals surface area contributed by atoms with E-state index >= 15 is 0 Å². The maximum atomic E-state index is 13.5. The Labute approximate surface area is 128 Å². The van der Waals surface area contributed by atoms with Gasteiger partial charge >= 0.3 is 0 Å². The molecule has 0 radical (unpaired) electrons. The van der Waals surface area contributed by atoms with E-state index in [0.717, 1.165) is 0 Å². The molecule has 0 bridgehead atoms. The van der Waals surface area contributed by atoms with E-state index in [2.05, 4.69) is 10.0 Å². The minimum Gasteiger partial charge on any atom is -0.326 e. The highest BCUT2D eigenvalue weighted by molar-refractivity contribution is 7.89. The maximum Gasteiger partial charge on any atom is 0.240 e. The van der Waals surface area contributed by atoms with Crippen molar-refractivity contribution >= 4 is 21.6 Å². The molecule has 0 unspecified atom stereocenters. The summed E-state index contributed by atoms with van der Waals surface area (Å²) < 4.78 is 40.1. The van der Waals surface area contributed by atoms with Crippen molar-refractivity contribution in [3.8, 4) is 0 Å². The van der Waals surface area contributed by atoms with Gasteiger partial charge in [-0.15, -0.1) is 0 Å². The van der Waals surface area contributed by atoms with Gasteiger partial charge in [-0.05, 0) is 30.3 Å². The minimum absolute atomic E-state index is 0.0398. The lowest BCUT2D eigenvalue weighted by Gasteiger charge is -2.08. The lowest BCUT2D eigenvalue weighted by Crippen LogP contribution is -2.23. The molecule has 2 N–H and O–H groups in total. The minimum atomic E-state index is -3.75. The maximum absolute atomic E-state index is 13.5. The first-order valence-corrected chi connectivity index (χ1v) is 7.97. The van der Waals surface area contributed by atoms with Crippen LogP contribution in [0.2, 0.25) is 0 Å². The number of halogens is 1. The Hall–Kier alpha value is -2.25. The molecule has 2 aromatic rings. The van der Waals surface area contributed by atoms with Crippen LogP contribution < -0.4 is 10.0 Å². The van der Waals surface area contributed by atoms with Crippen molar-refractivity contribution in [2.75, 3.05) is 5.32 Å². The first-order chi connectivity index (χ1) is 10.4. The SMILES string of the molecule is CC(=O)Nc1ccc(S(=O)(=O)NCc2ccccc2F)cc1. The Balaban J connectivity index is 2.10. The third-order valence-corrected chi connectivity index (χ3v) is 4.31. The second-order valence-electron chi connectivity index (χ2n) is 4.62. The van der Waals surface area contributed by atoms with Crippen LogP contribution in [0.25, 0.3) is 0 Å². The van der Waals surface area contributed by atoms with Crippen LogP contribution in [0.1, 0.15) is 12.5 Å². The Morgan fingerprint density at radius 1 is 1.09 bits per heavy atom. The molecule has 0 aliphatic heterocycles. The van der Waals surface area contributed by atoms with Crippen molar-refractivity contribution in [1.29, 1.82) is 0 Å². The molecule has 2 rings (SSSR count). The van der Waals surface area contributed by atoms with Crippen molar-refractivity contribution in [3.05, 3.63) is 59.9 Å². The fourth-order valence-electron chi connectivity index (χ4n) is 1.82. The summed E-state index contributed by atoms with van der Waals surface area (Å²) in [5, 5.41) is 2.55. The molecular formula is C15H15FN2O3S. The number of sulfonamides is 1. The van der Waals surface area contributed by atoms with Crippen molar-refractivity contribution < 1.29 is 17.6 Å². The third kappa shape index (κ3) is 4.12. The molecule has 1 amide bonds. The Morgan fingerprint density at radius 3 is 2.32 bits per heavy atom. The number of benzene rings is 2. The molecule has 0 spiro atoms. The van der Waals surface area contributed by atoms with E-state index in [9.17, 15) is 17.6 Å². The van der Waals surface area contributed by atoms with Crippen LogP contribution >= 0.6 is 0 Å². The molecule has 22 heavy (non-hydrogen) atoms. The summed E-state index contributed by atoms with van der Waals surface area (Å²) in [5.41, 5.74) is 0.765. The quantitative estimate of drug-likeness (QED) is 0.886. The van der Waals surface area contributed by atoms with Gasteiger partial charge in [-0.25, -0.2) is 17.5 Å². The van der Waals surface area contributed by atoms with E-state index in [4.69, 9.17) is 0 Å². The fourth-order valence-corrected chi connectivity index (χ4v) is 2.83. The first kappa shape index (κ1) is 16.1. The Bertz CT molecular complexity index is 774.